The van der Waals surface area contributed by atoms with Gasteiger partial charge >= 0.3 is 0 Å². The normalized spacial score (nSPS) is 13.0. The molecular formula is C23H24N6O. The van der Waals surface area contributed by atoms with Gasteiger partial charge in [-0.05, 0) is 49.9 Å². The minimum absolute atomic E-state index is 0.161. The van der Waals surface area contributed by atoms with E-state index in [-0.39, 0.29) is 5.91 Å². The van der Waals surface area contributed by atoms with E-state index in [1.807, 2.05) is 35.0 Å². The van der Waals surface area contributed by atoms with Gasteiger partial charge in [0.1, 0.15) is 11.9 Å². The third-order valence-corrected chi connectivity index (χ3v) is 5.28. The monoisotopic (exact) mass is 400 g/mol. The van der Waals surface area contributed by atoms with Gasteiger partial charge in [0.05, 0.1) is 11.3 Å². The molecule has 30 heavy (non-hydrogen) atoms. The number of amides is 1. The number of nitriles is 1. The number of benzene rings is 1. The van der Waals surface area contributed by atoms with Crippen LogP contribution in [0.2, 0.25) is 0 Å². The van der Waals surface area contributed by atoms with Gasteiger partial charge in [-0.3, -0.25) is 4.79 Å². The second kappa shape index (κ2) is 9.23. The topological polar surface area (TPSA) is 95.6 Å². The highest BCUT2D eigenvalue weighted by molar-refractivity contribution is 5.94. The van der Waals surface area contributed by atoms with Crippen LogP contribution in [0.15, 0.2) is 48.7 Å². The first kappa shape index (κ1) is 19.6. The Kier molecular flexibility index (Phi) is 6.04. The van der Waals surface area contributed by atoms with Crippen LogP contribution in [0, 0.1) is 11.3 Å². The van der Waals surface area contributed by atoms with Crippen molar-refractivity contribution < 1.29 is 4.79 Å². The number of anilines is 1. The maximum Gasteiger partial charge on any atom is 0.272 e. The number of para-hydroxylation sites is 1. The number of nitrogens with one attached hydrogen (secondary N) is 2. The van der Waals surface area contributed by atoms with Crippen LogP contribution < -0.4 is 10.6 Å². The van der Waals surface area contributed by atoms with Gasteiger partial charge in [0.25, 0.3) is 5.91 Å². The summed E-state index contributed by atoms with van der Waals surface area (Å²) < 4.78 is 1.93. The molecule has 1 aromatic carbocycles. The molecule has 1 amide bonds. The van der Waals surface area contributed by atoms with Crippen LogP contribution in [0.4, 0.5) is 5.82 Å². The van der Waals surface area contributed by atoms with E-state index in [2.05, 4.69) is 21.7 Å². The van der Waals surface area contributed by atoms with Gasteiger partial charge < -0.3 is 10.6 Å². The van der Waals surface area contributed by atoms with Crippen molar-refractivity contribution in [3.8, 4) is 11.8 Å². The Bertz CT molecular complexity index is 1070. The number of hydrogen-bond acceptors (Lipinski definition) is 5. The molecule has 2 heterocycles. The van der Waals surface area contributed by atoms with Gasteiger partial charge in [0.15, 0.2) is 5.69 Å². The molecule has 0 aliphatic heterocycles. The molecule has 152 valence electrons. The second-order valence-corrected chi connectivity index (χ2v) is 7.28. The maximum absolute atomic E-state index is 12.9. The first-order valence-corrected chi connectivity index (χ1v) is 10.3. The molecule has 0 spiro atoms. The number of aromatic nitrogens is 3. The highest BCUT2D eigenvalue weighted by Crippen LogP contribution is 2.26. The summed E-state index contributed by atoms with van der Waals surface area (Å²) in [6.07, 6.45) is 6.80. The van der Waals surface area contributed by atoms with E-state index in [0.717, 1.165) is 42.6 Å². The average Bonchev–Trinajstić information content (AvgIpc) is 2.98. The molecule has 7 nitrogen and oxygen atoms in total. The number of pyridine rings is 1. The Morgan fingerprint density at radius 3 is 2.73 bits per heavy atom. The quantitative estimate of drug-likeness (QED) is 0.489. The molecule has 2 aromatic heterocycles. The van der Waals surface area contributed by atoms with E-state index in [1.54, 1.807) is 18.3 Å². The lowest BCUT2D eigenvalue weighted by Crippen LogP contribution is -2.30. The second-order valence-electron chi connectivity index (χ2n) is 7.28. The molecule has 0 saturated carbocycles. The predicted molar refractivity (Wildman–Crippen MR) is 115 cm³/mol. The Morgan fingerprint density at radius 2 is 1.90 bits per heavy atom. The Hall–Kier alpha value is -3.66. The van der Waals surface area contributed by atoms with Gasteiger partial charge in [0, 0.05) is 30.5 Å². The molecule has 0 saturated heterocycles. The van der Waals surface area contributed by atoms with Crippen LogP contribution >= 0.6 is 0 Å². The van der Waals surface area contributed by atoms with Gasteiger partial charge in [-0.1, -0.05) is 24.6 Å². The largest absolute Gasteiger partial charge is 0.367 e. The van der Waals surface area contributed by atoms with Crippen LogP contribution in [0.1, 0.15) is 46.6 Å². The summed E-state index contributed by atoms with van der Waals surface area (Å²) in [6, 6.07) is 15.5. The van der Waals surface area contributed by atoms with E-state index < -0.39 is 0 Å². The fraction of sp³-hybridized carbons (Fsp3) is 0.304. The summed E-state index contributed by atoms with van der Waals surface area (Å²) >= 11 is 0. The third kappa shape index (κ3) is 4.18. The molecule has 0 atom stereocenters. The Labute approximate surface area is 175 Å². The van der Waals surface area contributed by atoms with E-state index in [4.69, 9.17) is 10.4 Å². The van der Waals surface area contributed by atoms with Crippen molar-refractivity contribution in [1.29, 1.82) is 5.26 Å². The third-order valence-electron chi connectivity index (χ3n) is 5.28. The summed E-state index contributed by atoms with van der Waals surface area (Å²) in [5, 5.41) is 19.9. The molecule has 2 N–H and O–H groups in total. The lowest BCUT2D eigenvalue weighted by atomic mass is 10.1. The number of carbonyl (C=O) groups excluding carboxylic acids is 1. The van der Waals surface area contributed by atoms with Crippen LogP contribution in [0.25, 0.3) is 5.69 Å². The number of nitrogens with zero attached hydrogens (tertiary/aromatic N) is 4. The van der Waals surface area contributed by atoms with E-state index in [9.17, 15) is 4.79 Å². The molecule has 4 rings (SSSR count). The van der Waals surface area contributed by atoms with Crippen molar-refractivity contribution in [2.75, 3.05) is 18.4 Å². The number of carbonyl (C=O) groups is 1. The van der Waals surface area contributed by atoms with E-state index in [1.165, 1.54) is 6.42 Å². The molecule has 7 heteroatoms. The van der Waals surface area contributed by atoms with Crippen LogP contribution in [0.5, 0.6) is 0 Å². The summed E-state index contributed by atoms with van der Waals surface area (Å²) in [7, 11) is 0. The predicted octanol–water partition coefficient (Wildman–Crippen LogP) is 3.25. The van der Waals surface area contributed by atoms with Crippen molar-refractivity contribution in [3.05, 3.63) is 71.2 Å². The zero-order chi connectivity index (χ0) is 20.8. The number of rotatable bonds is 6. The maximum atomic E-state index is 12.9. The zero-order valence-corrected chi connectivity index (χ0v) is 16.8. The van der Waals surface area contributed by atoms with E-state index in [0.29, 0.717) is 30.2 Å². The zero-order valence-electron chi connectivity index (χ0n) is 16.8. The van der Waals surface area contributed by atoms with Crippen molar-refractivity contribution in [2.24, 2.45) is 0 Å². The summed E-state index contributed by atoms with van der Waals surface area (Å²) in [4.78, 5) is 17.1. The highest BCUT2D eigenvalue weighted by atomic mass is 16.2. The SMILES string of the molecule is N#Cc1cccnc1NCCNC(=O)c1nn(-c2ccccc2)c2c1CCCCC2. The van der Waals surface area contributed by atoms with Gasteiger partial charge in [-0.15, -0.1) is 0 Å². The molecule has 3 aromatic rings. The molecular weight excluding hydrogens is 376 g/mol. The Balaban J connectivity index is 1.47. The first-order valence-electron chi connectivity index (χ1n) is 10.3. The van der Waals surface area contributed by atoms with Gasteiger partial charge in [-0.25, -0.2) is 9.67 Å². The van der Waals surface area contributed by atoms with Crippen LogP contribution in [-0.2, 0) is 12.8 Å². The van der Waals surface area contributed by atoms with Crippen LogP contribution in [0.3, 0.4) is 0 Å². The van der Waals surface area contributed by atoms with E-state index >= 15 is 0 Å². The first-order chi connectivity index (χ1) is 14.8. The fourth-order valence-electron chi connectivity index (χ4n) is 3.82. The highest BCUT2D eigenvalue weighted by Gasteiger charge is 2.24. The van der Waals surface area contributed by atoms with Gasteiger partial charge in [-0.2, -0.15) is 10.4 Å². The minimum Gasteiger partial charge on any atom is -0.367 e. The molecule has 1 aliphatic rings. The fourth-order valence-corrected chi connectivity index (χ4v) is 3.82. The summed E-state index contributed by atoms with van der Waals surface area (Å²) in [5.74, 6) is 0.364. The standard InChI is InChI=1S/C23H24N6O/c24-16-17-8-7-13-25-22(17)26-14-15-27-23(30)21-19-11-5-2-6-12-20(19)29(28-21)18-9-3-1-4-10-18/h1,3-4,7-10,13H,2,5-6,11-12,14-15H2,(H,25,26)(H,27,30). The molecule has 1 aliphatic carbocycles. The molecule has 0 fully saturated rings. The number of fused-ring (bicyclic) bond motifs is 1. The van der Waals surface area contributed by atoms with Crippen molar-refractivity contribution >= 4 is 11.7 Å². The van der Waals surface area contributed by atoms with Gasteiger partial charge in [0.2, 0.25) is 0 Å². The van der Waals surface area contributed by atoms with Crippen molar-refractivity contribution in [1.82, 2.24) is 20.1 Å². The number of hydrogen-bond donors (Lipinski definition) is 2. The summed E-state index contributed by atoms with van der Waals surface area (Å²) in [6.45, 7) is 0.881. The smallest absolute Gasteiger partial charge is 0.272 e. The average molecular weight is 400 g/mol. The Morgan fingerprint density at radius 1 is 1.07 bits per heavy atom. The van der Waals surface area contributed by atoms with Crippen LogP contribution in [-0.4, -0.2) is 33.8 Å². The molecule has 0 bridgehead atoms. The minimum atomic E-state index is -0.161. The molecule has 0 unspecified atom stereocenters. The lowest BCUT2D eigenvalue weighted by molar-refractivity contribution is 0.0949. The lowest BCUT2D eigenvalue weighted by Gasteiger charge is -2.08. The summed E-state index contributed by atoms with van der Waals surface area (Å²) in [5.41, 5.74) is 4.20. The van der Waals surface area contributed by atoms with Crippen molar-refractivity contribution in [2.45, 2.75) is 32.1 Å². The molecule has 0 radical (unpaired) electrons. The van der Waals surface area contributed by atoms with Crippen molar-refractivity contribution in [3.63, 3.8) is 0 Å².